The molecule has 0 radical (unpaired) electrons. The number of nitrogens with zero attached hydrogens (tertiary/aromatic N) is 1. The van der Waals surface area contributed by atoms with E-state index in [0.29, 0.717) is 5.56 Å². The largest absolute Gasteiger partial charge is 0.468 e. The van der Waals surface area contributed by atoms with E-state index in [1.807, 2.05) is 35.2 Å². The van der Waals surface area contributed by atoms with Crippen LogP contribution in [-0.2, 0) is 9.53 Å². The molecular formula is C14H14N2O3. The first-order valence-electron chi connectivity index (χ1n) is 5.79. The summed E-state index contributed by atoms with van der Waals surface area (Å²) in [5, 5.41) is 2.50. The van der Waals surface area contributed by atoms with E-state index in [-0.39, 0.29) is 12.5 Å². The van der Waals surface area contributed by atoms with Crippen molar-refractivity contribution < 1.29 is 14.3 Å². The molecule has 1 aromatic carbocycles. The third kappa shape index (κ3) is 3.22. The average Bonchev–Trinajstić information content (AvgIpc) is 2.98. The summed E-state index contributed by atoms with van der Waals surface area (Å²) in [6.45, 7) is -0.136. The van der Waals surface area contributed by atoms with Crippen LogP contribution in [0.25, 0.3) is 5.69 Å². The van der Waals surface area contributed by atoms with Crippen molar-refractivity contribution in [3.8, 4) is 5.69 Å². The quantitative estimate of drug-likeness (QED) is 0.843. The summed E-state index contributed by atoms with van der Waals surface area (Å²) in [6, 6.07) is 11.0. The highest BCUT2D eigenvalue weighted by Crippen LogP contribution is 2.10. The number of carbonyl (C=O) groups excluding carboxylic acids is 2. The van der Waals surface area contributed by atoms with Gasteiger partial charge in [-0.2, -0.15) is 0 Å². The van der Waals surface area contributed by atoms with Crippen molar-refractivity contribution in [2.45, 2.75) is 0 Å². The van der Waals surface area contributed by atoms with Gasteiger partial charge in [0.1, 0.15) is 6.54 Å². The summed E-state index contributed by atoms with van der Waals surface area (Å²) in [5.41, 5.74) is 1.38. The highest BCUT2D eigenvalue weighted by molar-refractivity contribution is 5.96. The predicted molar refractivity (Wildman–Crippen MR) is 70.1 cm³/mol. The lowest BCUT2D eigenvalue weighted by atomic mass is 10.2. The number of rotatable bonds is 4. The Morgan fingerprint density at radius 3 is 2.63 bits per heavy atom. The average molecular weight is 258 g/mol. The third-order valence-corrected chi connectivity index (χ3v) is 2.63. The van der Waals surface area contributed by atoms with Gasteiger partial charge in [0.05, 0.1) is 7.11 Å². The second-order valence-corrected chi connectivity index (χ2v) is 3.90. The number of nitrogens with one attached hydrogen (secondary N) is 1. The molecule has 0 atom stereocenters. The van der Waals surface area contributed by atoms with E-state index in [2.05, 4.69) is 10.1 Å². The molecule has 1 aromatic heterocycles. The SMILES string of the molecule is COC(=O)CNC(=O)c1cccc(-n2cccc2)c1. The summed E-state index contributed by atoms with van der Waals surface area (Å²) >= 11 is 0. The topological polar surface area (TPSA) is 60.3 Å². The monoisotopic (exact) mass is 258 g/mol. The van der Waals surface area contributed by atoms with E-state index in [1.165, 1.54) is 7.11 Å². The normalized spacial score (nSPS) is 9.95. The zero-order chi connectivity index (χ0) is 13.7. The maximum atomic E-state index is 11.9. The van der Waals surface area contributed by atoms with E-state index < -0.39 is 5.97 Å². The minimum Gasteiger partial charge on any atom is -0.468 e. The zero-order valence-corrected chi connectivity index (χ0v) is 10.5. The lowest BCUT2D eigenvalue weighted by molar-refractivity contribution is -0.139. The predicted octanol–water partition coefficient (Wildman–Crippen LogP) is 1.38. The van der Waals surface area contributed by atoms with Gasteiger partial charge in [0.2, 0.25) is 0 Å². The van der Waals surface area contributed by atoms with Crippen LogP contribution < -0.4 is 5.32 Å². The van der Waals surface area contributed by atoms with Crippen LogP contribution >= 0.6 is 0 Å². The first kappa shape index (κ1) is 12.9. The Balaban J connectivity index is 2.10. The molecule has 1 heterocycles. The Hall–Kier alpha value is -2.56. The van der Waals surface area contributed by atoms with Crippen LogP contribution in [0.15, 0.2) is 48.8 Å². The van der Waals surface area contributed by atoms with Crippen molar-refractivity contribution in [1.82, 2.24) is 9.88 Å². The fourth-order valence-electron chi connectivity index (χ4n) is 1.64. The van der Waals surface area contributed by atoms with Gasteiger partial charge in [-0.25, -0.2) is 0 Å². The van der Waals surface area contributed by atoms with Gasteiger partial charge in [-0.1, -0.05) is 6.07 Å². The third-order valence-electron chi connectivity index (χ3n) is 2.63. The van der Waals surface area contributed by atoms with Gasteiger partial charge in [-0.3, -0.25) is 9.59 Å². The summed E-state index contributed by atoms with van der Waals surface area (Å²) in [5.74, 6) is -0.783. The second kappa shape index (κ2) is 5.86. The molecule has 98 valence electrons. The van der Waals surface area contributed by atoms with E-state index >= 15 is 0 Å². The lowest BCUT2D eigenvalue weighted by Gasteiger charge is -2.07. The molecule has 5 nitrogen and oxygen atoms in total. The summed E-state index contributed by atoms with van der Waals surface area (Å²) in [6.07, 6.45) is 3.79. The van der Waals surface area contributed by atoms with Crippen LogP contribution in [0.1, 0.15) is 10.4 Å². The molecule has 0 saturated carbocycles. The van der Waals surface area contributed by atoms with E-state index in [4.69, 9.17) is 0 Å². The lowest BCUT2D eigenvalue weighted by Crippen LogP contribution is -2.30. The molecule has 1 N–H and O–H groups in total. The minimum absolute atomic E-state index is 0.136. The van der Waals surface area contributed by atoms with Gasteiger partial charge >= 0.3 is 5.97 Å². The first-order valence-corrected chi connectivity index (χ1v) is 5.79. The summed E-state index contributed by atoms with van der Waals surface area (Å²) in [4.78, 5) is 22.8. The van der Waals surface area contributed by atoms with Crippen LogP contribution in [-0.4, -0.2) is 30.1 Å². The number of amides is 1. The molecule has 2 rings (SSSR count). The Labute approximate surface area is 110 Å². The van der Waals surface area contributed by atoms with E-state index in [1.54, 1.807) is 18.2 Å². The molecule has 0 aliphatic heterocycles. The number of methoxy groups -OCH3 is 1. The molecule has 5 heteroatoms. The molecule has 0 fully saturated rings. The summed E-state index contributed by atoms with van der Waals surface area (Å²) < 4.78 is 6.36. The van der Waals surface area contributed by atoms with Gasteiger partial charge in [-0.15, -0.1) is 0 Å². The van der Waals surface area contributed by atoms with Gasteiger partial charge in [-0.05, 0) is 30.3 Å². The van der Waals surface area contributed by atoms with Crippen molar-refractivity contribution in [2.24, 2.45) is 0 Å². The Morgan fingerprint density at radius 2 is 1.95 bits per heavy atom. The van der Waals surface area contributed by atoms with Gasteiger partial charge in [0.25, 0.3) is 5.91 Å². The van der Waals surface area contributed by atoms with Crippen LogP contribution in [0.5, 0.6) is 0 Å². The molecule has 1 amide bonds. The highest BCUT2D eigenvalue weighted by Gasteiger charge is 2.08. The molecule has 0 aliphatic rings. The maximum Gasteiger partial charge on any atom is 0.325 e. The number of hydrogen-bond donors (Lipinski definition) is 1. The number of ether oxygens (including phenoxy) is 1. The molecule has 0 unspecified atom stereocenters. The van der Waals surface area contributed by atoms with E-state index in [9.17, 15) is 9.59 Å². The maximum absolute atomic E-state index is 11.9. The first-order chi connectivity index (χ1) is 9.20. The van der Waals surface area contributed by atoms with Crippen LogP contribution in [0, 0.1) is 0 Å². The van der Waals surface area contributed by atoms with Gasteiger partial charge in [0, 0.05) is 23.6 Å². The van der Waals surface area contributed by atoms with Crippen molar-refractivity contribution >= 4 is 11.9 Å². The second-order valence-electron chi connectivity index (χ2n) is 3.90. The molecule has 0 bridgehead atoms. The van der Waals surface area contributed by atoms with Crippen molar-refractivity contribution in [2.75, 3.05) is 13.7 Å². The van der Waals surface area contributed by atoms with Crippen molar-refractivity contribution in [3.05, 3.63) is 54.4 Å². The Morgan fingerprint density at radius 1 is 1.21 bits per heavy atom. The molecule has 0 spiro atoms. The molecule has 0 saturated heterocycles. The minimum atomic E-state index is -0.477. The number of aromatic nitrogens is 1. The van der Waals surface area contributed by atoms with Crippen LogP contribution in [0.4, 0.5) is 0 Å². The van der Waals surface area contributed by atoms with Crippen LogP contribution in [0.3, 0.4) is 0 Å². The molecule has 2 aromatic rings. The van der Waals surface area contributed by atoms with E-state index in [0.717, 1.165) is 5.69 Å². The van der Waals surface area contributed by atoms with Gasteiger partial charge < -0.3 is 14.6 Å². The van der Waals surface area contributed by atoms with Gasteiger partial charge in [0.15, 0.2) is 0 Å². The Kier molecular flexibility index (Phi) is 3.97. The van der Waals surface area contributed by atoms with Crippen molar-refractivity contribution in [3.63, 3.8) is 0 Å². The Bertz CT molecular complexity index is 576. The highest BCUT2D eigenvalue weighted by atomic mass is 16.5. The fraction of sp³-hybridized carbons (Fsp3) is 0.143. The fourth-order valence-corrected chi connectivity index (χ4v) is 1.64. The smallest absolute Gasteiger partial charge is 0.325 e. The number of benzene rings is 1. The molecular weight excluding hydrogens is 244 g/mol. The number of carbonyl (C=O) groups is 2. The number of esters is 1. The number of hydrogen-bond acceptors (Lipinski definition) is 3. The standard InChI is InChI=1S/C14H14N2O3/c1-19-13(17)10-15-14(18)11-5-4-6-12(9-11)16-7-2-3-8-16/h2-9H,10H2,1H3,(H,15,18). The molecule has 0 aliphatic carbocycles. The van der Waals surface area contributed by atoms with Crippen molar-refractivity contribution in [1.29, 1.82) is 0 Å². The summed E-state index contributed by atoms with van der Waals surface area (Å²) in [7, 11) is 1.28. The molecule has 19 heavy (non-hydrogen) atoms. The zero-order valence-electron chi connectivity index (χ0n) is 10.5. The van der Waals surface area contributed by atoms with Crippen LogP contribution in [0.2, 0.25) is 0 Å².